The lowest BCUT2D eigenvalue weighted by atomic mass is 9.86. The summed E-state index contributed by atoms with van der Waals surface area (Å²) in [5.41, 5.74) is 6.94. The number of allylic oxidation sites excluding steroid dienone is 9. The highest BCUT2D eigenvalue weighted by Gasteiger charge is 2.11. The lowest BCUT2D eigenvalue weighted by Crippen LogP contribution is -2.07. The molecule has 0 bridgehead atoms. The number of aromatic nitrogens is 1. The Morgan fingerprint density at radius 1 is 0.889 bits per heavy atom. The molecular formula is C43H84N2. The first-order valence-electron chi connectivity index (χ1n) is 18.0. The first-order chi connectivity index (χ1) is 21.4. The van der Waals surface area contributed by atoms with Crippen molar-refractivity contribution in [3.63, 3.8) is 0 Å². The Morgan fingerprint density at radius 2 is 1.38 bits per heavy atom. The summed E-state index contributed by atoms with van der Waals surface area (Å²) in [6.45, 7) is 47.4. The van der Waals surface area contributed by atoms with Gasteiger partial charge in [-0.3, -0.25) is 9.98 Å². The second kappa shape index (κ2) is 48.4. The van der Waals surface area contributed by atoms with Crippen LogP contribution in [0.2, 0.25) is 0 Å². The second-order valence-corrected chi connectivity index (χ2v) is 10.1. The van der Waals surface area contributed by atoms with E-state index in [0.29, 0.717) is 11.3 Å². The zero-order chi connectivity index (χ0) is 37.3. The summed E-state index contributed by atoms with van der Waals surface area (Å²) >= 11 is 0. The van der Waals surface area contributed by atoms with Crippen molar-refractivity contribution in [2.45, 2.75) is 177 Å². The molecule has 0 aliphatic heterocycles. The molecule has 45 heavy (non-hydrogen) atoms. The van der Waals surface area contributed by atoms with Crippen LogP contribution in [0, 0.1) is 12.3 Å². The highest BCUT2D eigenvalue weighted by atomic mass is 14.7. The summed E-state index contributed by atoms with van der Waals surface area (Å²) in [4.78, 5) is 8.22. The molecule has 0 fully saturated rings. The van der Waals surface area contributed by atoms with Crippen molar-refractivity contribution in [3.8, 4) is 0 Å². The van der Waals surface area contributed by atoms with E-state index in [1.807, 2.05) is 114 Å². The number of hydrogen-bond acceptors (Lipinski definition) is 2. The van der Waals surface area contributed by atoms with Crippen LogP contribution >= 0.6 is 0 Å². The quantitative estimate of drug-likeness (QED) is 0.152. The number of nitrogens with zero attached hydrogens (tertiary/aromatic N) is 2. The maximum absolute atomic E-state index is 4.24. The molecule has 1 unspecified atom stereocenters. The van der Waals surface area contributed by atoms with Gasteiger partial charge in [0.2, 0.25) is 0 Å². The average molecular weight is 629 g/mol. The number of rotatable bonds is 9. The third kappa shape index (κ3) is 48.6. The Morgan fingerprint density at radius 3 is 1.69 bits per heavy atom. The largest absolute Gasteiger partial charge is 0.264 e. The Balaban J connectivity index is -0.0000000875. The monoisotopic (exact) mass is 629 g/mol. The molecule has 1 aromatic rings. The van der Waals surface area contributed by atoms with Gasteiger partial charge in [0.1, 0.15) is 0 Å². The molecule has 0 aromatic carbocycles. The zero-order valence-electron chi connectivity index (χ0n) is 34.8. The summed E-state index contributed by atoms with van der Waals surface area (Å²) in [7, 11) is 0. The van der Waals surface area contributed by atoms with Gasteiger partial charge in [0.15, 0.2) is 0 Å². The Labute approximate surface area is 287 Å². The molecule has 1 heterocycles. The van der Waals surface area contributed by atoms with Crippen molar-refractivity contribution < 1.29 is 0 Å². The van der Waals surface area contributed by atoms with E-state index < -0.39 is 0 Å². The summed E-state index contributed by atoms with van der Waals surface area (Å²) in [5, 5.41) is 0. The number of aliphatic imine (C=N–C) groups is 1. The van der Waals surface area contributed by atoms with Crippen LogP contribution < -0.4 is 0 Å². The van der Waals surface area contributed by atoms with E-state index in [0.717, 1.165) is 12.1 Å². The minimum Gasteiger partial charge on any atom is -0.264 e. The first kappa shape index (κ1) is 58.1. The summed E-state index contributed by atoms with van der Waals surface area (Å²) in [6, 6.07) is 2.20. The fourth-order valence-electron chi connectivity index (χ4n) is 2.75. The van der Waals surface area contributed by atoms with Crippen molar-refractivity contribution in [1.82, 2.24) is 4.98 Å². The van der Waals surface area contributed by atoms with Crippen LogP contribution in [0.4, 0.5) is 0 Å². The van der Waals surface area contributed by atoms with Crippen molar-refractivity contribution in [2.75, 3.05) is 0 Å². The third-order valence-electron chi connectivity index (χ3n) is 6.28. The summed E-state index contributed by atoms with van der Waals surface area (Å²) in [6.07, 6.45) is 22.7. The molecule has 1 aromatic heterocycles. The fourth-order valence-corrected chi connectivity index (χ4v) is 2.75. The molecule has 1 rings (SSSR count). The molecule has 0 spiro atoms. The van der Waals surface area contributed by atoms with Crippen LogP contribution in [-0.4, -0.2) is 11.2 Å². The standard InChI is InChI=1S/C16H23N.C8H18.C7H11N.C4H8.4C2H6/c1-6-13(3)14(4)7-8-15(5)16-9-12(2)10-17-11-16;1-5-7-8(3,4)6-2;1-4-6-8-7(3)5-2;1-3-4-2;4*1-2/h7-11,15H,6H2,1-5H3;5-7H2,1-4H3;4-6H,1H2,2-3H3;3-4H,1-2H3;4*1-2H3/b8-7-,14-13-;;7-5-,8-6?;;;;;. The van der Waals surface area contributed by atoms with E-state index in [2.05, 4.69) is 97.1 Å². The normalized spacial score (nSPS) is 11.4. The molecule has 1 atom stereocenters. The molecule has 0 N–H and O–H groups in total. The summed E-state index contributed by atoms with van der Waals surface area (Å²) < 4.78 is 0. The Hall–Kier alpha value is -2.48. The Bertz CT molecular complexity index is 844. The van der Waals surface area contributed by atoms with Crippen molar-refractivity contribution in [3.05, 3.63) is 89.5 Å². The van der Waals surface area contributed by atoms with Crippen LogP contribution in [0.5, 0.6) is 0 Å². The van der Waals surface area contributed by atoms with Gasteiger partial charge in [-0.2, -0.15) is 0 Å². The molecule has 0 saturated carbocycles. The van der Waals surface area contributed by atoms with Crippen molar-refractivity contribution in [1.29, 1.82) is 0 Å². The van der Waals surface area contributed by atoms with Crippen LogP contribution in [0.15, 0.2) is 83.3 Å². The smallest absolute Gasteiger partial charge is 0.0330 e. The van der Waals surface area contributed by atoms with E-state index in [1.54, 1.807) is 12.3 Å². The van der Waals surface area contributed by atoms with Crippen molar-refractivity contribution >= 4 is 6.21 Å². The first-order valence-corrected chi connectivity index (χ1v) is 18.0. The maximum atomic E-state index is 4.24. The van der Waals surface area contributed by atoms with Gasteiger partial charge in [0.25, 0.3) is 0 Å². The molecule has 0 radical (unpaired) electrons. The SMILES string of the molecule is C=CC=N/C(C)=C\C.CC.CC.CC.CC.CC/C(C)=C(C)\C=C/C(C)c1cncc(C)c1.CC=CC.CCCC(C)(C)CC. The number of hydrogen-bond donors (Lipinski definition) is 0. The van der Waals surface area contributed by atoms with E-state index in [-0.39, 0.29) is 0 Å². The molecule has 0 aliphatic rings. The van der Waals surface area contributed by atoms with Gasteiger partial charge in [0, 0.05) is 30.2 Å². The third-order valence-corrected chi connectivity index (χ3v) is 6.28. The fraction of sp³-hybridized carbons (Fsp3) is 0.628. The highest BCUT2D eigenvalue weighted by molar-refractivity contribution is 5.71. The molecule has 266 valence electrons. The molecule has 0 amide bonds. The van der Waals surface area contributed by atoms with E-state index in [4.69, 9.17) is 0 Å². The lowest BCUT2D eigenvalue weighted by molar-refractivity contribution is 0.319. The molecular weight excluding hydrogens is 544 g/mol. The Kier molecular flexibility index (Phi) is 62.5. The van der Waals surface area contributed by atoms with Crippen LogP contribution in [0.25, 0.3) is 0 Å². The maximum Gasteiger partial charge on any atom is 0.0330 e. The molecule has 2 heteroatoms. The molecule has 0 aliphatic carbocycles. The van der Waals surface area contributed by atoms with Gasteiger partial charge in [-0.1, -0.05) is 170 Å². The zero-order valence-corrected chi connectivity index (χ0v) is 34.8. The topological polar surface area (TPSA) is 25.2 Å². The van der Waals surface area contributed by atoms with Crippen molar-refractivity contribution in [2.24, 2.45) is 10.4 Å². The van der Waals surface area contributed by atoms with Gasteiger partial charge in [0.05, 0.1) is 0 Å². The minimum atomic E-state index is 0.419. The average Bonchev–Trinajstić information content (AvgIpc) is 3.09. The number of aryl methyl sites for hydroxylation is 1. The van der Waals surface area contributed by atoms with E-state index in [9.17, 15) is 0 Å². The lowest BCUT2D eigenvalue weighted by Gasteiger charge is -2.20. The van der Waals surface area contributed by atoms with Gasteiger partial charge in [-0.15, -0.1) is 0 Å². The predicted octanol–water partition coefficient (Wildman–Crippen LogP) is 15.9. The minimum absolute atomic E-state index is 0.419. The second-order valence-electron chi connectivity index (χ2n) is 10.1. The highest BCUT2D eigenvalue weighted by Crippen LogP contribution is 2.25. The van der Waals surface area contributed by atoms with E-state index >= 15 is 0 Å². The van der Waals surface area contributed by atoms with Crippen LogP contribution in [-0.2, 0) is 0 Å². The van der Waals surface area contributed by atoms with Gasteiger partial charge >= 0.3 is 0 Å². The van der Waals surface area contributed by atoms with Gasteiger partial charge in [-0.25, -0.2) is 0 Å². The van der Waals surface area contributed by atoms with Gasteiger partial charge < -0.3 is 0 Å². The molecule has 0 saturated heterocycles. The summed E-state index contributed by atoms with van der Waals surface area (Å²) in [5.74, 6) is 0.419. The van der Waals surface area contributed by atoms with Crippen LogP contribution in [0.1, 0.15) is 181 Å². The van der Waals surface area contributed by atoms with E-state index in [1.165, 1.54) is 41.5 Å². The van der Waals surface area contributed by atoms with Crippen LogP contribution in [0.3, 0.4) is 0 Å². The predicted molar refractivity (Wildman–Crippen MR) is 218 cm³/mol. The number of pyridine rings is 1. The van der Waals surface area contributed by atoms with Gasteiger partial charge in [-0.05, 0) is 77.8 Å². The molecule has 2 nitrogen and oxygen atoms in total.